The van der Waals surface area contributed by atoms with Crippen LogP contribution in [0, 0.1) is 18.6 Å². The van der Waals surface area contributed by atoms with E-state index in [2.05, 4.69) is 5.32 Å². The van der Waals surface area contributed by atoms with E-state index in [-0.39, 0.29) is 64.8 Å². The largest absolute Gasteiger partial charge is 0.481 e. The van der Waals surface area contributed by atoms with E-state index < -0.39 is 59.6 Å². The number of carboxylic acids is 1. The molecule has 1 amide bonds. The number of aromatic nitrogens is 1. The molecule has 1 saturated heterocycles. The molecule has 15 heteroatoms. The van der Waals surface area contributed by atoms with Gasteiger partial charge in [0.2, 0.25) is 5.91 Å². The summed E-state index contributed by atoms with van der Waals surface area (Å²) < 4.78 is 93.2. The van der Waals surface area contributed by atoms with Crippen LogP contribution in [0.4, 0.5) is 26.3 Å². The summed E-state index contributed by atoms with van der Waals surface area (Å²) in [5, 5.41) is 10.2. The first kappa shape index (κ1) is 36.5. The lowest BCUT2D eigenvalue weighted by atomic mass is 9.98. The SMILES string of the molecule is CC(=O)O.Cc1cc2cc(c1F)CNC(=O)C(n1cc(CCN3CC(F)C3)c(C(F)(F)F)cc1=O)c1cc(ccc1F)Oc1cccc(Cl)c1-2. The second kappa shape index (κ2) is 14.6. The zero-order valence-corrected chi connectivity index (χ0v) is 27.3. The highest BCUT2D eigenvalue weighted by Gasteiger charge is 2.37. The lowest BCUT2D eigenvalue weighted by Crippen LogP contribution is -2.49. The first-order valence-corrected chi connectivity index (χ1v) is 15.6. The second-order valence-electron chi connectivity index (χ2n) is 11.9. The molecule has 2 aliphatic rings. The van der Waals surface area contributed by atoms with Crippen molar-refractivity contribution in [1.82, 2.24) is 14.8 Å². The number of carbonyl (C=O) groups excluding carboxylic acids is 1. The fourth-order valence-electron chi connectivity index (χ4n) is 5.83. The highest BCUT2D eigenvalue weighted by Crippen LogP contribution is 2.41. The molecule has 50 heavy (non-hydrogen) atoms. The van der Waals surface area contributed by atoms with Crippen LogP contribution < -0.4 is 15.6 Å². The summed E-state index contributed by atoms with van der Waals surface area (Å²) in [6.07, 6.45) is -5.33. The summed E-state index contributed by atoms with van der Waals surface area (Å²) in [7, 11) is 0. The molecule has 264 valence electrons. The van der Waals surface area contributed by atoms with Gasteiger partial charge in [-0.3, -0.25) is 23.9 Å². The lowest BCUT2D eigenvalue weighted by molar-refractivity contribution is -0.138. The Bertz CT molecular complexity index is 2010. The summed E-state index contributed by atoms with van der Waals surface area (Å²) >= 11 is 6.55. The number of fused-ring (bicyclic) bond motifs is 6. The molecule has 6 rings (SSSR count). The molecule has 4 aromatic rings. The van der Waals surface area contributed by atoms with E-state index >= 15 is 8.78 Å². The van der Waals surface area contributed by atoms with Gasteiger partial charge in [-0.05, 0) is 72.5 Å². The van der Waals surface area contributed by atoms with Crippen molar-refractivity contribution in [2.75, 3.05) is 19.6 Å². The first-order valence-electron chi connectivity index (χ1n) is 15.2. The van der Waals surface area contributed by atoms with E-state index in [1.807, 2.05) is 0 Å². The number of nitrogens with zero attached hydrogens (tertiary/aromatic N) is 2. The maximum absolute atomic E-state index is 15.6. The van der Waals surface area contributed by atoms with Crippen LogP contribution in [0.5, 0.6) is 11.5 Å². The molecule has 2 N–H and O–H groups in total. The highest BCUT2D eigenvalue weighted by molar-refractivity contribution is 6.33. The number of aryl methyl sites for hydroxylation is 1. The lowest BCUT2D eigenvalue weighted by Gasteiger charge is -2.34. The van der Waals surface area contributed by atoms with Crippen molar-refractivity contribution >= 4 is 23.5 Å². The summed E-state index contributed by atoms with van der Waals surface area (Å²) in [6, 6.07) is 9.87. The van der Waals surface area contributed by atoms with Gasteiger partial charge in [0.25, 0.3) is 11.5 Å². The Labute approximate surface area is 286 Å². The number of hydrogen-bond donors (Lipinski definition) is 2. The van der Waals surface area contributed by atoms with Crippen molar-refractivity contribution in [3.05, 3.63) is 116 Å². The van der Waals surface area contributed by atoms with Gasteiger partial charge in [-0.2, -0.15) is 13.2 Å². The number of benzene rings is 3. The number of ether oxygens (including phenoxy) is 1. The molecule has 0 radical (unpaired) electrons. The van der Waals surface area contributed by atoms with Crippen molar-refractivity contribution in [3.63, 3.8) is 0 Å². The quantitative estimate of drug-likeness (QED) is 0.219. The average Bonchev–Trinajstić information content (AvgIpc) is 3.01. The molecule has 4 bridgehead atoms. The summed E-state index contributed by atoms with van der Waals surface area (Å²) in [6.45, 7) is 2.40. The molecule has 3 aromatic carbocycles. The van der Waals surface area contributed by atoms with Crippen LogP contribution in [0.3, 0.4) is 0 Å². The van der Waals surface area contributed by atoms with Gasteiger partial charge >= 0.3 is 6.18 Å². The van der Waals surface area contributed by atoms with Crippen molar-refractivity contribution in [3.8, 4) is 22.6 Å². The molecular formula is C35H30ClF6N3O5. The van der Waals surface area contributed by atoms with Crippen LogP contribution in [0.1, 0.15) is 40.8 Å². The van der Waals surface area contributed by atoms with E-state index in [0.29, 0.717) is 17.2 Å². The van der Waals surface area contributed by atoms with Crippen LogP contribution in [0.2, 0.25) is 5.02 Å². The highest BCUT2D eigenvalue weighted by atomic mass is 35.5. The summed E-state index contributed by atoms with van der Waals surface area (Å²) in [5.41, 5.74) is -1.99. The maximum Gasteiger partial charge on any atom is 0.416 e. The fraction of sp³-hybridized carbons (Fsp3) is 0.286. The minimum absolute atomic E-state index is 0.0368. The molecular weight excluding hydrogens is 692 g/mol. The molecule has 1 fully saturated rings. The number of amides is 1. The first-order chi connectivity index (χ1) is 23.5. The zero-order valence-electron chi connectivity index (χ0n) is 26.6. The molecule has 0 saturated carbocycles. The smallest absolute Gasteiger partial charge is 0.416 e. The fourth-order valence-corrected chi connectivity index (χ4v) is 6.10. The van der Waals surface area contributed by atoms with Crippen LogP contribution >= 0.6 is 11.6 Å². The Morgan fingerprint density at radius 3 is 2.44 bits per heavy atom. The molecule has 1 unspecified atom stereocenters. The molecule has 1 atom stereocenters. The number of aliphatic carboxylic acids is 1. The van der Waals surface area contributed by atoms with E-state index in [1.54, 1.807) is 29.2 Å². The molecule has 0 aliphatic carbocycles. The predicted octanol–water partition coefficient (Wildman–Crippen LogP) is 7.07. The molecule has 8 nitrogen and oxygen atoms in total. The van der Waals surface area contributed by atoms with E-state index in [0.717, 1.165) is 23.8 Å². The monoisotopic (exact) mass is 721 g/mol. The number of hydrogen-bond acceptors (Lipinski definition) is 5. The normalized spacial score (nSPS) is 16.3. The third-order valence-electron chi connectivity index (χ3n) is 8.14. The van der Waals surface area contributed by atoms with Gasteiger partial charge in [0.15, 0.2) is 0 Å². The second-order valence-corrected chi connectivity index (χ2v) is 12.3. The van der Waals surface area contributed by atoms with E-state index in [4.69, 9.17) is 26.2 Å². The van der Waals surface area contributed by atoms with Crippen molar-refractivity contribution in [2.24, 2.45) is 0 Å². The summed E-state index contributed by atoms with van der Waals surface area (Å²) in [5.74, 6) is -3.13. The minimum Gasteiger partial charge on any atom is -0.481 e. The number of pyridine rings is 1. The number of likely N-dealkylation sites (tertiary alicyclic amines) is 1. The zero-order chi connectivity index (χ0) is 36.5. The van der Waals surface area contributed by atoms with Gasteiger partial charge in [0.1, 0.15) is 35.3 Å². The van der Waals surface area contributed by atoms with Gasteiger partial charge in [0, 0.05) is 62.1 Å². The number of alkyl halides is 4. The standard InChI is InChI=1S/C33H26ClF6N3O3.C2H4O2/c1-17-9-19-10-20(30(17)37)13-41-32(45)31(23-11-22(5-6-26(23)36)46-27-4-2-3-25(34)29(19)27)43-14-18(7-8-42-15-21(35)16-42)24(12-28(43)44)33(38,39)40;1-2(3)4/h2-6,9-12,14,21,31H,7-8,13,15-16H2,1H3,(H,41,45);1H3,(H,3,4). The maximum atomic E-state index is 15.6. The van der Waals surface area contributed by atoms with Crippen LogP contribution in [-0.2, 0) is 28.7 Å². The average molecular weight is 722 g/mol. The number of nitrogens with one attached hydrogen (secondary N) is 1. The van der Waals surface area contributed by atoms with Gasteiger partial charge in [-0.25, -0.2) is 13.2 Å². The third-order valence-corrected chi connectivity index (χ3v) is 8.46. The van der Waals surface area contributed by atoms with Crippen molar-refractivity contribution < 1.29 is 45.8 Å². The number of halogens is 7. The number of carbonyl (C=O) groups is 2. The minimum atomic E-state index is -4.91. The third kappa shape index (κ3) is 7.97. The Morgan fingerprint density at radius 1 is 1.08 bits per heavy atom. The molecule has 2 aliphatic heterocycles. The molecule has 0 spiro atoms. The van der Waals surface area contributed by atoms with Gasteiger partial charge in [-0.1, -0.05) is 17.7 Å². The Morgan fingerprint density at radius 2 is 1.78 bits per heavy atom. The number of carboxylic acid groups (broad SMARTS) is 1. The topological polar surface area (TPSA) is 101 Å². The van der Waals surface area contributed by atoms with E-state index in [9.17, 15) is 27.2 Å². The Hall–Kier alpha value is -4.82. The van der Waals surface area contributed by atoms with Crippen LogP contribution in [-0.4, -0.2) is 52.3 Å². The van der Waals surface area contributed by atoms with Crippen molar-refractivity contribution in [2.45, 2.75) is 45.2 Å². The number of rotatable bonds is 4. The predicted molar refractivity (Wildman–Crippen MR) is 172 cm³/mol. The van der Waals surface area contributed by atoms with Gasteiger partial charge < -0.3 is 15.2 Å². The molecule has 1 aromatic heterocycles. The summed E-state index contributed by atoms with van der Waals surface area (Å²) in [4.78, 5) is 37.8. The van der Waals surface area contributed by atoms with Crippen LogP contribution in [0.15, 0.2) is 65.6 Å². The van der Waals surface area contributed by atoms with E-state index in [1.165, 1.54) is 25.1 Å². The molecule has 3 heterocycles. The van der Waals surface area contributed by atoms with Gasteiger partial charge in [-0.15, -0.1) is 0 Å². The van der Waals surface area contributed by atoms with Gasteiger partial charge in [0.05, 0.1) is 10.6 Å². The van der Waals surface area contributed by atoms with Crippen molar-refractivity contribution in [1.29, 1.82) is 0 Å². The Kier molecular flexibility index (Phi) is 10.6. The Balaban J connectivity index is 0.00000115. The van der Waals surface area contributed by atoms with Crippen LogP contribution in [0.25, 0.3) is 11.1 Å².